The number of pyridine rings is 2. The van der Waals surface area contributed by atoms with Crippen LogP contribution in [0.25, 0.3) is 21.8 Å². The number of aromatic nitrogens is 2. The quantitative estimate of drug-likeness (QED) is 0.442. The van der Waals surface area contributed by atoms with Crippen molar-refractivity contribution in [2.24, 2.45) is 0 Å². The van der Waals surface area contributed by atoms with Gasteiger partial charge in [-0.15, -0.1) is 0 Å². The van der Waals surface area contributed by atoms with Gasteiger partial charge in [-0.05, 0) is 30.3 Å². The van der Waals surface area contributed by atoms with E-state index in [1.54, 1.807) is 12.4 Å². The van der Waals surface area contributed by atoms with Crippen LogP contribution in [0.1, 0.15) is 0 Å². The molecule has 0 saturated carbocycles. The average molecular weight is 195 g/mol. The first-order valence-electron chi connectivity index (χ1n) is 4.74. The van der Waals surface area contributed by atoms with E-state index in [1.165, 1.54) is 0 Å². The topological polar surface area (TPSA) is 51.8 Å². The Morgan fingerprint density at radius 3 is 2.53 bits per heavy atom. The predicted octanol–water partition coefficient (Wildman–Crippen LogP) is 2.37. The van der Waals surface area contributed by atoms with Gasteiger partial charge >= 0.3 is 0 Å². The van der Waals surface area contributed by atoms with Crippen molar-refractivity contribution in [3.05, 3.63) is 42.7 Å². The number of hydrogen-bond acceptors (Lipinski definition) is 3. The van der Waals surface area contributed by atoms with Crippen LogP contribution in [-0.2, 0) is 0 Å². The minimum Gasteiger partial charge on any atom is -0.398 e. The molecule has 1 aromatic carbocycles. The summed E-state index contributed by atoms with van der Waals surface area (Å²) in [6.45, 7) is 0. The average Bonchev–Trinajstić information content (AvgIpc) is 2.30. The zero-order chi connectivity index (χ0) is 10.3. The number of benzene rings is 1. The summed E-state index contributed by atoms with van der Waals surface area (Å²) in [6, 6.07) is 9.67. The second-order valence-corrected chi connectivity index (χ2v) is 3.44. The maximum atomic E-state index is 5.94. The summed E-state index contributed by atoms with van der Waals surface area (Å²) < 4.78 is 0. The molecule has 3 rings (SSSR count). The minimum atomic E-state index is 0.726. The monoisotopic (exact) mass is 195 g/mol. The number of nitrogens with two attached hydrogens (primary N) is 1. The standard InChI is InChI=1S/C12H9N3/c13-10-7-11-9(4-2-5-14-11)12-8(10)3-1-6-15-12/h1-7H,13H2. The Kier molecular flexibility index (Phi) is 1.59. The highest BCUT2D eigenvalue weighted by Gasteiger charge is 2.04. The number of nitrogens with zero attached hydrogens (tertiary/aromatic N) is 2. The Morgan fingerprint density at radius 1 is 0.933 bits per heavy atom. The highest BCUT2D eigenvalue weighted by atomic mass is 14.7. The van der Waals surface area contributed by atoms with Gasteiger partial charge in [0, 0.05) is 28.9 Å². The molecule has 0 atom stereocenters. The fourth-order valence-electron chi connectivity index (χ4n) is 1.81. The van der Waals surface area contributed by atoms with Gasteiger partial charge in [0.05, 0.1) is 11.0 Å². The lowest BCUT2D eigenvalue weighted by atomic mass is 10.1. The maximum absolute atomic E-state index is 5.94. The predicted molar refractivity (Wildman–Crippen MR) is 61.5 cm³/mol. The third kappa shape index (κ3) is 1.13. The second-order valence-electron chi connectivity index (χ2n) is 3.44. The summed E-state index contributed by atoms with van der Waals surface area (Å²) in [7, 11) is 0. The van der Waals surface area contributed by atoms with Gasteiger partial charge in [0.2, 0.25) is 0 Å². The molecule has 3 aromatic rings. The molecular weight excluding hydrogens is 186 g/mol. The van der Waals surface area contributed by atoms with Gasteiger partial charge in [0.25, 0.3) is 0 Å². The van der Waals surface area contributed by atoms with Crippen LogP contribution in [0.2, 0.25) is 0 Å². The number of anilines is 1. The molecule has 0 aliphatic rings. The Morgan fingerprint density at radius 2 is 1.67 bits per heavy atom. The van der Waals surface area contributed by atoms with E-state index in [1.807, 2.05) is 30.3 Å². The minimum absolute atomic E-state index is 0.726. The molecule has 72 valence electrons. The molecule has 2 aromatic heterocycles. The molecule has 0 spiro atoms. The van der Waals surface area contributed by atoms with Crippen LogP contribution in [0.15, 0.2) is 42.7 Å². The van der Waals surface area contributed by atoms with Gasteiger partial charge in [-0.25, -0.2) is 0 Å². The van der Waals surface area contributed by atoms with E-state index in [2.05, 4.69) is 9.97 Å². The first kappa shape index (κ1) is 8.17. The van der Waals surface area contributed by atoms with Crippen LogP contribution in [-0.4, -0.2) is 9.97 Å². The van der Waals surface area contributed by atoms with Crippen LogP contribution in [0, 0.1) is 0 Å². The van der Waals surface area contributed by atoms with E-state index in [0.717, 1.165) is 27.5 Å². The maximum Gasteiger partial charge on any atom is 0.0816 e. The normalized spacial score (nSPS) is 10.9. The van der Waals surface area contributed by atoms with E-state index >= 15 is 0 Å². The molecule has 3 heteroatoms. The summed E-state index contributed by atoms with van der Waals surface area (Å²) in [5.41, 5.74) is 8.48. The van der Waals surface area contributed by atoms with Crippen LogP contribution in [0.4, 0.5) is 5.69 Å². The van der Waals surface area contributed by atoms with Crippen LogP contribution in [0.3, 0.4) is 0 Å². The highest BCUT2D eigenvalue weighted by Crippen LogP contribution is 2.26. The van der Waals surface area contributed by atoms with E-state index in [9.17, 15) is 0 Å². The summed E-state index contributed by atoms with van der Waals surface area (Å²) in [6.07, 6.45) is 3.53. The summed E-state index contributed by atoms with van der Waals surface area (Å²) in [4.78, 5) is 8.62. The molecule has 0 radical (unpaired) electrons. The smallest absolute Gasteiger partial charge is 0.0816 e. The molecule has 2 heterocycles. The Hall–Kier alpha value is -2.16. The van der Waals surface area contributed by atoms with Crippen LogP contribution < -0.4 is 5.73 Å². The van der Waals surface area contributed by atoms with Crippen molar-refractivity contribution in [2.75, 3.05) is 5.73 Å². The van der Waals surface area contributed by atoms with E-state index < -0.39 is 0 Å². The first-order chi connectivity index (χ1) is 7.36. The first-order valence-corrected chi connectivity index (χ1v) is 4.74. The fraction of sp³-hybridized carbons (Fsp3) is 0. The Bertz CT molecular complexity index is 646. The lowest BCUT2D eigenvalue weighted by Gasteiger charge is -2.04. The van der Waals surface area contributed by atoms with Gasteiger partial charge in [-0.2, -0.15) is 0 Å². The molecule has 0 bridgehead atoms. The summed E-state index contributed by atoms with van der Waals surface area (Å²) in [5.74, 6) is 0. The van der Waals surface area contributed by atoms with Crippen molar-refractivity contribution in [3.63, 3.8) is 0 Å². The van der Waals surface area contributed by atoms with Crippen LogP contribution in [0.5, 0.6) is 0 Å². The third-order valence-corrected chi connectivity index (χ3v) is 2.50. The zero-order valence-electron chi connectivity index (χ0n) is 8.01. The fourth-order valence-corrected chi connectivity index (χ4v) is 1.81. The Balaban J connectivity index is 2.64. The molecular formula is C12H9N3. The Labute approximate surface area is 86.6 Å². The van der Waals surface area contributed by atoms with E-state index in [-0.39, 0.29) is 0 Å². The molecule has 3 nitrogen and oxygen atoms in total. The molecule has 15 heavy (non-hydrogen) atoms. The second kappa shape index (κ2) is 2.92. The molecule has 0 aliphatic heterocycles. The number of fused-ring (bicyclic) bond motifs is 3. The molecule has 2 N–H and O–H groups in total. The van der Waals surface area contributed by atoms with E-state index in [0.29, 0.717) is 0 Å². The van der Waals surface area contributed by atoms with Gasteiger partial charge in [-0.3, -0.25) is 9.97 Å². The van der Waals surface area contributed by atoms with Gasteiger partial charge in [-0.1, -0.05) is 0 Å². The van der Waals surface area contributed by atoms with Crippen molar-refractivity contribution in [1.29, 1.82) is 0 Å². The largest absolute Gasteiger partial charge is 0.398 e. The van der Waals surface area contributed by atoms with Gasteiger partial charge in [0.15, 0.2) is 0 Å². The summed E-state index contributed by atoms with van der Waals surface area (Å²) in [5, 5.41) is 2.03. The number of nitrogen functional groups attached to an aromatic ring is 1. The van der Waals surface area contributed by atoms with Gasteiger partial charge in [0.1, 0.15) is 0 Å². The van der Waals surface area contributed by atoms with Crippen molar-refractivity contribution in [1.82, 2.24) is 9.97 Å². The SMILES string of the molecule is Nc1cc2ncccc2c2ncccc12. The van der Waals surface area contributed by atoms with Crippen molar-refractivity contribution >= 4 is 27.5 Å². The molecule has 0 aliphatic carbocycles. The highest BCUT2D eigenvalue weighted by molar-refractivity contribution is 6.08. The van der Waals surface area contributed by atoms with Crippen molar-refractivity contribution in [2.45, 2.75) is 0 Å². The molecule has 0 amide bonds. The molecule has 0 fully saturated rings. The van der Waals surface area contributed by atoms with E-state index in [4.69, 9.17) is 5.73 Å². The van der Waals surface area contributed by atoms with Crippen LogP contribution >= 0.6 is 0 Å². The third-order valence-electron chi connectivity index (χ3n) is 2.50. The lowest BCUT2D eigenvalue weighted by molar-refractivity contribution is 1.39. The summed E-state index contributed by atoms with van der Waals surface area (Å²) >= 11 is 0. The molecule has 0 unspecified atom stereocenters. The zero-order valence-corrected chi connectivity index (χ0v) is 8.01. The van der Waals surface area contributed by atoms with Crippen molar-refractivity contribution < 1.29 is 0 Å². The lowest BCUT2D eigenvalue weighted by Crippen LogP contribution is -1.90. The molecule has 0 saturated heterocycles. The van der Waals surface area contributed by atoms with Gasteiger partial charge < -0.3 is 5.73 Å². The number of rotatable bonds is 0. The van der Waals surface area contributed by atoms with Crippen molar-refractivity contribution in [3.8, 4) is 0 Å². The number of hydrogen-bond donors (Lipinski definition) is 1.